The van der Waals surface area contributed by atoms with E-state index in [1.54, 1.807) is 0 Å². The third-order valence-corrected chi connectivity index (χ3v) is 4.77. The van der Waals surface area contributed by atoms with Crippen molar-refractivity contribution in [3.63, 3.8) is 0 Å². The Labute approximate surface area is 109 Å². The first-order chi connectivity index (χ1) is 8.37. The molecular formula is C10H11ClN2O4S. The van der Waals surface area contributed by atoms with Gasteiger partial charge < -0.3 is 5.11 Å². The zero-order chi connectivity index (χ0) is 13.4. The number of halogens is 1. The quantitative estimate of drug-likeness (QED) is 0.785. The molecule has 2 N–H and O–H groups in total. The molecule has 1 heterocycles. The monoisotopic (exact) mass is 290 g/mol. The van der Waals surface area contributed by atoms with Gasteiger partial charge in [-0.15, -0.1) is 0 Å². The molecule has 8 heteroatoms. The van der Waals surface area contributed by atoms with Gasteiger partial charge in [0, 0.05) is 12.7 Å². The second-order valence-electron chi connectivity index (χ2n) is 4.20. The molecule has 0 aromatic carbocycles. The smallest absolute Gasteiger partial charge is 0.310 e. The summed E-state index contributed by atoms with van der Waals surface area (Å²) in [5.74, 6) is -0.984. The van der Waals surface area contributed by atoms with Crippen LogP contribution in [0.3, 0.4) is 0 Å². The average Bonchev–Trinajstić information content (AvgIpc) is 3.08. The molecular weight excluding hydrogens is 280 g/mol. The molecule has 98 valence electrons. The van der Waals surface area contributed by atoms with Crippen LogP contribution in [0.5, 0.6) is 0 Å². The van der Waals surface area contributed by atoms with E-state index >= 15 is 0 Å². The second kappa shape index (κ2) is 4.49. The summed E-state index contributed by atoms with van der Waals surface area (Å²) in [7, 11) is -3.83. The number of hydrogen-bond donors (Lipinski definition) is 2. The van der Waals surface area contributed by atoms with E-state index in [1.807, 2.05) is 0 Å². The summed E-state index contributed by atoms with van der Waals surface area (Å²) in [5.41, 5.74) is -0.957. The summed E-state index contributed by atoms with van der Waals surface area (Å²) in [4.78, 5) is 14.5. The third kappa shape index (κ3) is 2.47. The van der Waals surface area contributed by atoms with Crippen molar-refractivity contribution >= 4 is 27.6 Å². The van der Waals surface area contributed by atoms with Crippen LogP contribution in [0.4, 0.5) is 0 Å². The van der Waals surface area contributed by atoms with E-state index in [1.165, 1.54) is 18.3 Å². The van der Waals surface area contributed by atoms with Crippen LogP contribution < -0.4 is 4.72 Å². The van der Waals surface area contributed by atoms with E-state index in [9.17, 15) is 13.2 Å². The van der Waals surface area contributed by atoms with Crippen molar-refractivity contribution in [3.8, 4) is 0 Å². The molecule has 1 aliphatic rings. The number of sulfonamides is 1. The number of carbonyl (C=O) groups is 1. The molecule has 0 spiro atoms. The molecule has 18 heavy (non-hydrogen) atoms. The molecule has 0 amide bonds. The predicted octanol–water partition coefficient (Wildman–Crippen LogP) is 0.878. The van der Waals surface area contributed by atoms with Gasteiger partial charge in [-0.25, -0.2) is 18.1 Å². The van der Waals surface area contributed by atoms with Gasteiger partial charge >= 0.3 is 5.97 Å². The highest BCUT2D eigenvalue weighted by atomic mass is 35.5. The first-order valence-corrected chi connectivity index (χ1v) is 7.07. The maximum atomic E-state index is 11.9. The van der Waals surface area contributed by atoms with Gasteiger partial charge in [-0.3, -0.25) is 4.79 Å². The van der Waals surface area contributed by atoms with E-state index in [0.29, 0.717) is 12.8 Å². The third-order valence-electron chi connectivity index (χ3n) is 2.92. The van der Waals surface area contributed by atoms with Gasteiger partial charge in [0.25, 0.3) is 0 Å². The Morgan fingerprint density at radius 1 is 1.56 bits per heavy atom. The first-order valence-electron chi connectivity index (χ1n) is 5.21. The van der Waals surface area contributed by atoms with Crippen molar-refractivity contribution < 1.29 is 18.3 Å². The number of nitrogens with zero attached hydrogens (tertiary/aromatic N) is 1. The molecule has 0 unspecified atom stereocenters. The van der Waals surface area contributed by atoms with Crippen LogP contribution in [0.2, 0.25) is 5.15 Å². The minimum atomic E-state index is -3.83. The molecule has 0 saturated heterocycles. The molecule has 1 aromatic heterocycles. The molecule has 0 atom stereocenters. The molecule has 0 aliphatic heterocycles. The van der Waals surface area contributed by atoms with Gasteiger partial charge in [0.15, 0.2) is 0 Å². The number of nitrogens with one attached hydrogen (secondary N) is 1. The van der Waals surface area contributed by atoms with Crippen molar-refractivity contribution in [2.45, 2.75) is 17.7 Å². The standard InChI is InChI=1S/C10H11ClN2O4S/c11-8-7(2-1-5-12-8)18(16,17)13-6-10(3-4-10)9(14)15/h1-2,5,13H,3-4,6H2,(H,14,15). The van der Waals surface area contributed by atoms with Crippen molar-refractivity contribution in [2.24, 2.45) is 5.41 Å². The molecule has 1 aromatic rings. The summed E-state index contributed by atoms with van der Waals surface area (Å²) in [5, 5.41) is 8.82. The van der Waals surface area contributed by atoms with Gasteiger partial charge in [-0.2, -0.15) is 0 Å². The zero-order valence-electron chi connectivity index (χ0n) is 9.26. The number of aromatic nitrogens is 1. The fourth-order valence-electron chi connectivity index (χ4n) is 1.50. The van der Waals surface area contributed by atoms with Crippen LogP contribution >= 0.6 is 11.6 Å². The number of hydrogen-bond acceptors (Lipinski definition) is 4. The predicted molar refractivity (Wildman–Crippen MR) is 63.7 cm³/mol. The fourth-order valence-corrected chi connectivity index (χ4v) is 3.08. The average molecular weight is 291 g/mol. The minimum absolute atomic E-state index is 0.129. The van der Waals surface area contributed by atoms with Crippen molar-refractivity contribution in [1.29, 1.82) is 0 Å². The molecule has 0 bridgehead atoms. The molecule has 0 radical (unpaired) electrons. The van der Waals surface area contributed by atoms with E-state index in [0.717, 1.165) is 0 Å². The van der Waals surface area contributed by atoms with Crippen LogP contribution in [-0.2, 0) is 14.8 Å². The van der Waals surface area contributed by atoms with Gasteiger partial charge in [-0.05, 0) is 25.0 Å². The first kappa shape index (κ1) is 13.3. The lowest BCUT2D eigenvalue weighted by atomic mass is 10.1. The van der Waals surface area contributed by atoms with Crippen molar-refractivity contribution in [1.82, 2.24) is 9.71 Å². The summed E-state index contributed by atoms with van der Waals surface area (Å²) in [6.07, 6.45) is 2.33. The van der Waals surface area contributed by atoms with Gasteiger partial charge in [-0.1, -0.05) is 11.6 Å². The van der Waals surface area contributed by atoms with E-state index in [4.69, 9.17) is 16.7 Å². The van der Waals surface area contributed by atoms with Crippen LogP contribution in [0.25, 0.3) is 0 Å². The zero-order valence-corrected chi connectivity index (χ0v) is 10.8. The highest BCUT2D eigenvalue weighted by Crippen LogP contribution is 2.45. The maximum absolute atomic E-state index is 11.9. The topological polar surface area (TPSA) is 96.4 Å². The maximum Gasteiger partial charge on any atom is 0.310 e. The van der Waals surface area contributed by atoms with Gasteiger partial charge in [0.1, 0.15) is 10.0 Å². The van der Waals surface area contributed by atoms with Crippen LogP contribution in [-0.4, -0.2) is 31.0 Å². The summed E-state index contributed by atoms with van der Waals surface area (Å²) in [6.45, 7) is -0.129. The number of carboxylic acids is 1. The van der Waals surface area contributed by atoms with Crippen molar-refractivity contribution in [3.05, 3.63) is 23.5 Å². The highest BCUT2D eigenvalue weighted by molar-refractivity contribution is 7.89. The highest BCUT2D eigenvalue weighted by Gasteiger charge is 2.50. The number of pyridine rings is 1. The number of carboxylic acid groups (broad SMARTS) is 1. The summed E-state index contributed by atoms with van der Waals surface area (Å²) < 4.78 is 26.1. The second-order valence-corrected chi connectivity index (χ2v) is 6.30. The van der Waals surface area contributed by atoms with Crippen molar-refractivity contribution in [2.75, 3.05) is 6.54 Å². The lowest BCUT2D eigenvalue weighted by Crippen LogP contribution is -2.34. The summed E-state index contributed by atoms with van der Waals surface area (Å²) >= 11 is 5.69. The van der Waals surface area contributed by atoms with Gasteiger partial charge in [0.2, 0.25) is 10.0 Å². The molecule has 1 aliphatic carbocycles. The largest absolute Gasteiger partial charge is 0.481 e. The lowest BCUT2D eigenvalue weighted by molar-refractivity contribution is -0.143. The Morgan fingerprint density at radius 3 is 2.72 bits per heavy atom. The lowest BCUT2D eigenvalue weighted by Gasteiger charge is -2.12. The number of rotatable bonds is 5. The van der Waals surface area contributed by atoms with Crippen LogP contribution in [0.1, 0.15) is 12.8 Å². The Morgan fingerprint density at radius 2 is 2.22 bits per heavy atom. The molecule has 1 saturated carbocycles. The summed E-state index contributed by atoms with van der Waals surface area (Å²) in [6, 6.07) is 2.77. The van der Waals surface area contributed by atoms with E-state index in [-0.39, 0.29) is 16.6 Å². The van der Waals surface area contributed by atoms with Crippen LogP contribution in [0.15, 0.2) is 23.2 Å². The van der Waals surface area contributed by atoms with E-state index in [2.05, 4.69) is 9.71 Å². The normalized spacial score (nSPS) is 17.4. The molecule has 6 nitrogen and oxygen atoms in total. The van der Waals surface area contributed by atoms with Crippen LogP contribution in [0, 0.1) is 5.41 Å². The fraction of sp³-hybridized carbons (Fsp3) is 0.400. The Hall–Kier alpha value is -1.18. The number of aliphatic carboxylic acids is 1. The minimum Gasteiger partial charge on any atom is -0.481 e. The molecule has 1 fully saturated rings. The Bertz CT molecular complexity index is 583. The Balaban J connectivity index is 2.14. The SMILES string of the molecule is O=C(O)C1(CNS(=O)(=O)c2cccnc2Cl)CC1. The Kier molecular flexibility index (Phi) is 3.31. The van der Waals surface area contributed by atoms with E-state index < -0.39 is 21.4 Å². The van der Waals surface area contributed by atoms with Gasteiger partial charge in [0.05, 0.1) is 5.41 Å². The molecule has 2 rings (SSSR count).